The maximum atomic E-state index is 12.6. The van der Waals surface area contributed by atoms with Crippen molar-refractivity contribution in [2.24, 2.45) is 23.7 Å². The second-order valence-corrected chi connectivity index (χ2v) is 7.51. The molecule has 2 saturated heterocycles. The summed E-state index contributed by atoms with van der Waals surface area (Å²) in [7, 11) is 0. The monoisotopic (exact) mass is 344 g/mol. The van der Waals surface area contributed by atoms with Crippen LogP contribution in [0.1, 0.15) is 29.6 Å². The van der Waals surface area contributed by atoms with Gasteiger partial charge in [-0.05, 0) is 36.7 Å². The normalized spacial score (nSPS) is 28.5. The van der Waals surface area contributed by atoms with Gasteiger partial charge in [0.05, 0.1) is 31.2 Å². The minimum atomic E-state index is -0.0127. The van der Waals surface area contributed by atoms with Crippen molar-refractivity contribution in [3.05, 3.63) is 24.0 Å². The van der Waals surface area contributed by atoms with Gasteiger partial charge in [0.25, 0.3) is 5.91 Å². The highest BCUT2D eigenvalue weighted by Crippen LogP contribution is 2.36. The average molecular weight is 344 g/mol. The van der Waals surface area contributed by atoms with E-state index >= 15 is 0 Å². The lowest BCUT2D eigenvalue weighted by molar-refractivity contribution is -0.124. The molecule has 3 aliphatic rings. The highest BCUT2D eigenvalue weighted by atomic mass is 16.5. The van der Waals surface area contributed by atoms with E-state index in [1.54, 1.807) is 6.07 Å². The van der Waals surface area contributed by atoms with E-state index in [2.05, 4.69) is 15.5 Å². The number of fused-ring (bicyclic) bond motifs is 1. The summed E-state index contributed by atoms with van der Waals surface area (Å²) in [6, 6.07) is 1.69. The Morgan fingerprint density at radius 1 is 1.24 bits per heavy atom. The summed E-state index contributed by atoms with van der Waals surface area (Å²) in [5.74, 6) is 1.62. The van der Waals surface area contributed by atoms with Gasteiger partial charge in [-0.1, -0.05) is 0 Å². The molecule has 3 fully saturated rings. The number of aromatic nitrogens is 2. The van der Waals surface area contributed by atoms with Crippen molar-refractivity contribution >= 4 is 11.8 Å². The van der Waals surface area contributed by atoms with Gasteiger partial charge in [0.2, 0.25) is 5.91 Å². The second kappa shape index (κ2) is 7.07. The molecule has 134 valence electrons. The topological polar surface area (TPSA) is 84.4 Å². The van der Waals surface area contributed by atoms with Crippen LogP contribution in [0.3, 0.4) is 0 Å². The van der Waals surface area contributed by atoms with Crippen LogP contribution in [0.15, 0.2) is 18.5 Å². The molecule has 7 nitrogen and oxygen atoms in total. The van der Waals surface area contributed by atoms with E-state index in [1.807, 2.05) is 4.90 Å². The van der Waals surface area contributed by atoms with E-state index in [9.17, 15) is 9.59 Å². The predicted octanol–water partition coefficient (Wildman–Crippen LogP) is 0.727. The highest BCUT2D eigenvalue weighted by molar-refractivity contribution is 5.94. The van der Waals surface area contributed by atoms with E-state index in [-0.39, 0.29) is 17.7 Å². The van der Waals surface area contributed by atoms with Crippen LogP contribution in [0.4, 0.5) is 0 Å². The second-order valence-electron chi connectivity index (χ2n) is 7.51. The Balaban J connectivity index is 1.36. The molecule has 1 saturated carbocycles. The summed E-state index contributed by atoms with van der Waals surface area (Å²) in [6.45, 7) is 3.46. The van der Waals surface area contributed by atoms with E-state index in [0.29, 0.717) is 56.0 Å². The number of amides is 2. The zero-order valence-corrected chi connectivity index (χ0v) is 14.3. The van der Waals surface area contributed by atoms with Gasteiger partial charge in [0, 0.05) is 32.0 Å². The Labute approximate surface area is 147 Å². The van der Waals surface area contributed by atoms with E-state index in [4.69, 9.17) is 4.74 Å². The van der Waals surface area contributed by atoms with E-state index < -0.39 is 0 Å². The Morgan fingerprint density at radius 2 is 2.12 bits per heavy atom. The van der Waals surface area contributed by atoms with Crippen LogP contribution in [0.5, 0.6) is 0 Å². The van der Waals surface area contributed by atoms with Gasteiger partial charge in [0.15, 0.2) is 0 Å². The molecule has 1 N–H and O–H groups in total. The molecule has 0 unspecified atom stereocenters. The Morgan fingerprint density at radius 3 is 2.88 bits per heavy atom. The summed E-state index contributed by atoms with van der Waals surface area (Å²) >= 11 is 0. The first kappa shape index (κ1) is 16.4. The Kier molecular flexibility index (Phi) is 4.65. The fourth-order valence-electron chi connectivity index (χ4n) is 3.97. The summed E-state index contributed by atoms with van der Waals surface area (Å²) in [5.41, 5.74) is 0.563. The van der Waals surface area contributed by atoms with Crippen molar-refractivity contribution < 1.29 is 14.3 Å². The molecule has 1 aliphatic carbocycles. The molecule has 4 rings (SSSR count). The molecular formula is C18H24N4O3. The van der Waals surface area contributed by atoms with E-state index in [0.717, 1.165) is 6.54 Å². The number of hydrogen-bond donors (Lipinski definition) is 1. The minimum Gasteiger partial charge on any atom is -0.381 e. The molecule has 7 heteroatoms. The van der Waals surface area contributed by atoms with Crippen LogP contribution < -0.4 is 5.32 Å². The van der Waals surface area contributed by atoms with Crippen molar-refractivity contribution in [2.75, 3.05) is 32.8 Å². The predicted molar refractivity (Wildman–Crippen MR) is 89.6 cm³/mol. The number of nitrogens with one attached hydrogen (secondary N) is 1. The quantitative estimate of drug-likeness (QED) is 0.851. The standard InChI is InChI=1S/C18H24N4O3/c23-17(19-6-12-1-2-12)5-14-10-25-11-15-8-22(9-16(14)15)18(24)13-3-4-20-21-7-13/h3-4,7,12,14-16H,1-2,5-6,8-11H2,(H,19,23)/t14-,15-,16+/m1/s1. The molecule has 3 atom stereocenters. The third-order valence-electron chi connectivity index (χ3n) is 5.61. The number of nitrogens with zero attached hydrogens (tertiary/aromatic N) is 3. The lowest BCUT2D eigenvalue weighted by atomic mass is 9.81. The van der Waals surface area contributed by atoms with Crippen molar-refractivity contribution in [3.8, 4) is 0 Å². The third-order valence-corrected chi connectivity index (χ3v) is 5.61. The number of carbonyl (C=O) groups excluding carboxylic acids is 2. The van der Waals surface area contributed by atoms with Crippen molar-refractivity contribution in [1.82, 2.24) is 20.4 Å². The molecule has 25 heavy (non-hydrogen) atoms. The maximum absolute atomic E-state index is 12.6. The zero-order chi connectivity index (χ0) is 17.2. The van der Waals surface area contributed by atoms with Crippen LogP contribution in [-0.2, 0) is 9.53 Å². The molecule has 2 amide bonds. The molecule has 0 spiro atoms. The van der Waals surface area contributed by atoms with Gasteiger partial charge in [0.1, 0.15) is 0 Å². The molecule has 1 aromatic rings. The van der Waals surface area contributed by atoms with Crippen LogP contribution in [0, 0.1) is 23.7 Å². The van der Waals surface area contributed by atoms with Crippen LogP contribution >= 0.6 is 0 Å². The van der Waals surface area contributed by atoms with Crippen molar-refractivity contribution in [2.45, 2.75) is 19.3 Å². The van der Waals surface area contributed by atoms with Gasteiger partial charge < -0.3 is 15.0 Å². The summed E-state index contributed by atoms with van der Waals surface area (Å²) < 4.78 is 5.73. The molecular weight excluding hydrogens is 320 g/mol. The zero-order valence-electron chi connectivity index (χ0n) is 14.3. The van der Waals surface area contributed by atoms with Gasteiger partial charge in [-0.15, -0.1) is 0 Å². The van der Waals surface area contributed by atoms with Gasteiger partial charge in [-0.2, -0.15) is 10.2 Å². The average Bonchev–Trinajstić information content (AvgIpc) is 3.37. The first-order chi connectivity index (χ1) is 12.2. The SMILES string of the molecule is O=C(C[C@@H]1COC[C@H]2CN(C(=O)c3ccnnc3)C[C@@H]12)NCC1CC1. The Bertz CT molecular complexity index is 634. The fourth-order valence-corrected chi connectivity index (χ4v) is 3.97. The third kappa shape index (κ3) is 3.81. The summed E-state index contributed by atoms with van der Waals surface area (Å²) in [4.78, 5) is 26.7. The Hall–Kier alpha value is -2.02. The lowest BCUT2D eigenvalue weighted by Gasteiger charge is -2.32. The number of ether oxygens (including phenoxy) is 1. The first-order valence-corrected chi connectivity index (χ1v) is 9.11. The summed E-state index contributed by atoms with van der Waals surface area (Å²) in [6.07, 6.45) is 6.00. The molecule has 0 bridgehead atoms. The molecule has 0 aromatic carbocycles. The molecule has 3 heterocycles. The summed E-state index contributed by atoms with van der Waals surface area (Å²) in [5, 5.41) is 10.5. The van der Waals surface area contributed by atoms with Crippen molar-refractivity contribution in [1.29, 1.82) is 0 Å². The first-order valence-electron chi connectivity index (χ1n) is 9.11. The minimum absolute atomic E-state index is 0.0127. The van der Waals surface area contributed by atoms with Gasteiger partial charge in [-0.3, -0.25) is 9.59 Å². The van der Waals surface area contributed by atoms with E-state index in [1.165, 1.54) is 25.2 Å². The number of hydrogen-bond acceptors (Lipinski definition) is 5. The lowest BCUT2D eigenvalue weighted by Crippen LogP contribution is -2.38. The maximum Gasteiger partial charge on any atom is 0.255 e. The van der Waals surface area contributed by atoms with Gasteiger partial charge >= 0.3 is 0 Å². The smallest absolute Gasteiger partial charge is 0.255 e. The molecule has 1 aromatic heterocycles. The van der Waals surface area contributed by atoms with Gasteiger partial charge in [-0.25, -0.2) is 0 Å². The van der Waals surface area contributed by atoms with Crippen LogP contribution in [0.2, 0.25) is 0 Å². The van der Waals surface area contributed by atoms with Crippen LogP contribution in [0.25, 0.3) is 0 Å². The highest BCUT2D eigenvalue weighted by Gasteiger charge is 2.43. The number of carbonyl (C=O) groups is 2. The van der Waals surface area contributed by atoms with Crippen molar-refractivity contribution in [3.63, 3.8) is 0 Å². The fraction of sp³-hybridized carbons (Fsp3) is 0.667. The van der Waals surface area contributed by atoms with Crippen LogP contribution in [-0.4, -0.2) is 59.8 Å². The number of likely N-dealkylation sites (tertiary alicyclic amines) is 1. The molecule has 2 aliphatic heterocycles. The molecule has 0 radical (unpaired) electrons. The largest absolute Gasteiger partial charge is 0.381 e. The number of rotatable bonds is 5.